The van der Waals surface area contributed by atoms with E-state index in [0.29, 0.717) is 0 Å². The van der Waals surface area contributed by atoms with Crippen molar-refractivity contribution in [1.82, 2.24) is 24.7 Å². The number of nitro groups is 1. The zero-order valence-corrected chi connectivity index (χ0v) is 11.0. The SMILES string of the molecule is COC(=O)c1ncn(-c2nc(Cl)nc(C)c2[N+](=O)[O-])n1. The van der Waals surface area contributed by atoms with E-state index in [1.165, 1.54) is 6.92 Å². The number of ether oxygens (including phenoxy) is 1. The van der Waals surface area contributed by atoms with E-state index in [-0.39, 0.29) is 28.3 Å². The van der Waals surface area contributed by atoms with Gasteiger partial charge >= 0.3 is 11.7 Å². The maximum Gasteiger partial charge on any atom is 0.377 e. The Labute approximate surface area is 116 Å². The van der Waals surface area contributed by atoms with Gasteiger partial charge in [-0.15, -0.1) is 5.10 Å². The Balaban J connectivity index is 2.60. The van der Waals surface area contributed by atoms with Crippen molar-refractivity contribution in [2.75, 3.05) is 7.11 Å². The highest BCUT2D eigenvalue weighted by atomic mass is 35.5. The summed E-state index contributed by atoms with van der Waals surface area (Å²) in [7, 11) is 1.16. The molecule has 11 heteroatoms. The first kappa shape index (κ1) is 13.8. The molecule has 2 aromatic heterocycles. The summed E-state index contributed by atoms with van der Waals surface area (Å²) in [5, 5.41) is 14.6. The number of aromatic nitrogens is 5. The number of carbonyl (C=O) groups is 1. The third-order valence-corrected chi connectivity index (χ3v) is 2.44. The van der Waals surface area contributed by atoms with Crippen LogP contribution in [0, 0.1) is 17.0 Å². The highest BCUT2D eigenvalue weighted by molar-refractivity contribution is 6.28. The molecule has 10 nitrogen and oxygen atoms in total. The fourth-order valence-electron chi connectivity index (χ4n) is 1.44. The van der Waals surface area contributed by atoms with Gasteiger partial charge in [-0.05, 0) is 18.5 Å². The third kappa shape index (κ3) is 2.40. The van der Waals surface area contributed by atoms with Gasteiger partial charge in [0, 0.05) is 0 Å². The second-order valence-electron chi connectivity index (χ2n) is 3.51. The molecule has 0 radical (unpaired) electrons. The van der Waals surface area contributed by atoms with Crippen molar-refractivity contribution in [2.45, 2.75) is 6.92 Å². The smallest absolute Gasteiger partial charge is 0.377 e. The topological polar surface area (TPSA) is 126 Å². The van der Waals surface area contributed by atoms with Crippen LogP contribution in [0.1, 0.15) is 16.3 Å². The predicted molar refractivity (Wildman–Crippen MR) is 64.7 cm³/mol. The lowest BCUT2D eigenvalue weighted by atomic mass is 10.3. The van der Waals surface area contributed by atoms with E-state index >= 15 is 0 Å². The van der Waals surface area contributed by atoms with E-state index in [2.05, 4.69) is 24.8 Å². The molecule has 2 rings (SSSR count). The summed E-state index contributed by atoms with van der Waals surface area (Å²) in [4.78, 5) is 32.8. The van der Waals surface area contributed by atoms with Gasteiger partial charge in [-0.25, -0.2) is 14.8 Å². The monoisotopic (exact) mass is 298 g/mol. The standard InChI is InChI=1S/C9H7ClN6O4/c1-4-5(16(18)19)7(13-9(10)12-4)15-3-11-6(14-15)8(17)20-2/h3H,1-2H3. The summed E-state index contributed by atoms with van der Waals surface area (Å²) >= 11 is 5.68. The maximum atomic E-state index is 11.3. The molecule has 0 atom stereocenters. The second kappa shape index (κ2) is 5.17. The minimum Gasteiger partial charge on any atom is -0.463 e. The third-order valence-electron chi connectivity index (χ3n) is 2.27. The van der Waals surface area contributed by atoms with Crippen LogP contribution in [0.2, 0.25) is 5.28 Å². The van der Waals surface area contributed by atoms with E-state index in [9.17, 15) is 14.9 Å². The van der Waals surface area contributed by atoms with E-state index in [0.717, 1.165) is 18.1 Å². The lowest BCUT2D eigenvalue weighted by Crippen LogP contribution is -2.09. The zero-order chi connectivity index (χ0) is 14.9. The number of halogens is 1. The molecule has 0 unspecified atom stereocenters. The summed E-state index contributed by atoms with van der Waals surface area (Å²) in [5.41, 5.74) is -0.309. The Bertz CT molecular complexity index is 700. The average molecular weight is 299 g/mol. The normalized spacial score (nSPS) is 10.3. The van der Waals surface area contributed by atoms with Crippen LogP contribution in [-0.2, 0) is 4.74 Å². The summed E-state index contributed by atoms with van der Waals surface area (Å²) in [5.74, 6) is -1.22. The maximum absolute atomic E-state index is 11.3. The fraction of sp³-hybridized carbons (Fsp3) is 0.222. The number of hydrogen-bond donors (Lipinski definition) is 0. The highest BCUT2D eigenvalue weighted by Gasteiger charge is 2.25. The van der Waals surface area contributed by atoms with Crippen LogP contribution in [0.15, 0.2) is 6.33 Å². The number of esters is 1. The molecule has 0 spiro atoms. The predicted octanol–water partition coefficient (Wildman–Crippen LogP) is 0.714. The van der Waals surface area contributed by atoms with Crippen molar-refractivity contribution in [2.24, 2.45) is 0 Å². The highest BCUT2D eigenvalue weighted by Crippen LogP contribution is 2.24. The molecule has 0 aliphatic heterocycles. The van der Waals surface area contributed by atoms with Gasteiger partial charge in [0.25, 0.3) is 5.82 Å². The van der Waals surface area contributed by atoms with E-state index in [4.69, 9.17) is 11.6 Å². The van der Waals surface area contributed by atoms with Gasteiger partial charge in [-0.1, -0.05) is 0 Å². The van der Waals surface area contributed by atoms with Gasteiger partial charge < -0.3 is 4.74 Å². The molecule has 2 aromatic rings. The molecule has 0 aliphatic rings. The first-order chi connectivity index (χ1) is 9.43. The Morgan fingerprint density at radius 2 is 2.20 bits per heavy atom. The number of methoxy groups -OCH3 is 1. The Morgan fingerprint density at radius 3 is 2.80 bits per heavy atom. The van der Waals surface area contributed by atoms with Gasteiger partial charge in [0.2, 0.25) is 11.1 Å². The lowest BCUT2D eigenvalue weighted by molar-refractivity contribution is -0.385. The van der Waals surface area contributed by atoms with Crippen LogP contribution in [0.4, 0.5) is 5.69 Å². The Morgan fingerprint density at radius 1 is 1.50 bits per heavy atom. The van der Waals surface area contributed by atoms with Crippen molar-refractivity contribution in [3.05, 3.63) is 33.2 Å². The van der Waals surface area contributed by atoms with Crippen LogP contribution in [0.5, 0.6) is 0 Å². The van der Waals surface area contributed by atoms with Crippen LogP contribution < -0.4 is 0 Å². The molecule has 0 saturated heterocycles. The number of carbonyl (C=O) groups excluding carboxylic acids is 1. The van der Waals surface area contributed by atoms with E-state index in [1.54, 1.807) is 0 Å². The van der Waals surface area contributed by atoms with E-state index < -0.39 is 10.9 Å². The molecule has 0 fully saturated rings. The van der Waals surface area contributed by atoms with Gasteiger partial charge in [-0.3, -0.25) is 10.1 Å². The molecule has 0 aromatic carbocycles. The van der Waals surface area contributed by atoms with Crippen LogP contribution in [-0.4, -0.2) is 42.7 Å². The minimum absolute atomic E-state index is 0.0696. The van der Waals surface area contributed by atoms with Crippen molar-refractivity contribution in [3.8, 4) is 5.82 Å². The van der Waals surface area contributed by atoms with Crippen LogP contribution in [0.25, 0.3) is 5.82 Å². The molecule has 20 heavy (non-hydrogen) atoms. The largest absolute Gasteiger partial charge is 0.463 e. The van der Waals surface area contributed by atoms with Crippen LogP contribution in [0.3, 0.4) is 0 Å². The molecule has 104 valence electrons. The Hall–Kier alpha value is -2.62. The number of hydrogen-bond acceptors (Lipinski definition) is 8. The molecule has 0 aliphatic carbocycles. The second-order valence-corrected chi connectivity index (χ2v) is 3.85. The summed E-state index contributed by atoms with van der Waals surface area (Å²) in [6.07, 6.45) is 1.09. The molecular weight excluding hydrogens is 292 g/mol. The average Bonchev–Trinajstić information content (AvgIpc) is 2.85. The number of nitrogens with zero attached hydrogens (tertiary/aromatic N) is 6. The van der Waals surface area contributed by atoms with Gasteiger partial charge in [0.15, 0.2) is 0 Å². The van der Waals surface area contributed by atoms with E-state index in [1.807, 2.05) is 0 Å². The first-order valence-electron chi connectivity index (χ1n) is 5.13. The summed E-state index contributed by atoms with van der Waals surface area (Å²) in [6.45, 7) is 1.41. The molecule has 0 saturated carbocycles. The molecule has 0 amide bonds. The zero-order valence-electron chi connectivity index (χ0n) is 10.3. The minimum atomic E-state index is -0.775. The van der Waals surface area contributed by atoms with Gasteiger partial charge in [0.1, 0.15) is 12.0 Å². The van der Waals surface area contributed by atoms with Crippen molar-refractivity contribution in [3.63, 3.8) is 0 Å². The first-order valence-corrected chi connectivity index (χ1v) is 5.50. The quantitative estimate of drug-likeness (QED) is 0.351. The number of rotatable bonds is 3. The van der Waals surface area contributed by atoms with Crippen molar-refractivity contribution < 1.29 is 14.5 Å². The summed E-state index contributed by atoms with van der Waals surface area (Å²) in [6, 6.07) is 0. The molecule has 0 N–H and O–H groups in total. The molecular formula is C9H7ClN6O4. The van der Waals surface area contributed by atoms with Crippen LogP contribution >= 0.6 is 11.6 Å². The molecule has 0 bridgehead atoms. The van der Waals surface area contributed by atoms with Gasteiger partial charge in [-0.2, -0.15) is 9.67 Å². The fourth-order valence-corrected chi connectivity index (χ4v) is 1.65. The van der Waals surface area contributed by atoms with Crippen molar-refractivity contribution >= 4 is 23.3 Å². The Kier molecular flexibility index (Phi) is 3.57. The number of aryl methyl sites for hydroxylation is 1. The lowest BCUT2D eigenvalue weighted by Gasteiger charge is -2.03. The summed E-state index contributed by atoms with van der Waals surface area (Å²) < 4.78 is 5.40. The van der Waals surface area contributed by atoms with Crippen molar-refractivity contribution in [1.29, 1.82) is 0 Å². The molecule has 2 heterocycles. The van der Waals surface area contributed by atoms with Gasteiger partial charge in [0.05, 0.1) is 12.0 Å².